The molecule has 2 heterocycles. The van der Waals surface area contributed by atoms with Crippen LogP contribution in [0.25, 0.3) is 0 Å². The molecule has 3 rings (SSSR count). The van der Waals surface area contributed by atoms with Crippen LogP contribution in [0.5, 0.6) is 0 Å². The number of hydrogen-bond acceptors (Lipinski definition) is 3. The normalized spacial score (nSPS) is 27.4. The number of carbonyl (C=O) groups excluding carboxylic acids is 1. The summed E-state index contributed by atoms with van der Waals surface area (Å²) in [5.74, 6) is 0.647. The van der Waals surface area contributed by atoms with E-state index in [4.69, 9.17) is 11.6 Å². The van der Waals surface area contributed by atoms with Crippen LogP contribution in [0.3, 0.4) is 0 Å². The average molecular weight is 238 g/mol. The zero-order valence-corrected chi connectivity index (χ0v) is 9.52. The third-order valence-electron chi connectivity index (χ3n) is 3.54. The molecule has 1 aliphatic heterocycles. The Bertz CT molecular complexity index is 437. The molecule has 4 nitrogen and oxygen atoms in total. The van der Waals surface area contributed by atoms with Gasteiger partial charge in [0, 0.05) is 18.8 Å². The van der Waals surface area contributed by atoms with Gasteiger partial charge in [0.05, 0.1) is 5.02 Å². The molecule has 1 aromatic rings. The van der Waals surface area contributed by atoms with Gasteiger partial charge in [0.1, 0.15) is 12.0 Å². The van der Waals surface area contributed by atoms with Crippen LogP contribution in [0.4, 0.5) is 0 Å². The van der Waals surface area contributed by atoms with E-state index in [1.165, 1.54) is 18.9 Å². The first-order chi connectivity index (χ1) is 7.75. The summed E-state index contributed by atoms with van der Waals surface area (Å²) < 4.78 is 0. The van der Waals surface area contributed by atoms with Crippen molar-refractivity contribution in [2.75, 3.05) is 6.54 Å². The Labute approximate surface area is 98.6 Å². The van der Waals surface area contributed by atoms with E-state index in [0.29, 0.717) is 22.7 Å². The molecule has 1 saturated carbocycles. The maximum atomic E-state index is 12.2. The van der Waals surface area contributed by atoms with Crippen LogP contribution in [-0.4, -0.2) is 33.4 Å². The third kappa shape index (κ3) is 1.48. The van der Waals surface area contributed by atoms with Gasteiger partial charge in [-0.1, -0.05) is 11.6 Å². The minimum absolute atomic E-state index is 0.0420. The first-order valence-corrected chi connectivity index (χ1v) is 5.90. The van der Waals surface area contributed by atoms with Crippen molar-refractivity contribution < 1.29 is 4.79 Å². The molecule has 1 aliphatic carbocycles. The fraction of sp³-hybridized carbons (Fsp3) is 0.545. The lowest BCUT2D eigenvalue weighted by atomic mass is 10.1. The highest BCUT2D eigenvalue weighted by molar-refractivity contribution is 6.33. The quantitative estimate of drug-likeness (QED) is 0.748. The Morgan fingerprint density at radius 1 is 1.50 bits per heavy atom. The zero-order valence-electron chi connectivity index (χ0n) is 8.77. The number of fused-ring (bicyclic) bond motifs is 2. The van der Waals surface area contributed by atoms with E-state index in [-0.39, 0.29) is 5.91 Å². The van der Waals surface area contributed by atoms with E-state index in [1.807, 2.05) is 4.90 Å². The molecule has 1 saturated heterocycles. The number of halogens is 1. The molecule has 16 heavy (non-hydrogen) atoms. The molecule has 2 aliphatic rings. The van der Waals surface area contributed by atoms with Gasteiger partial charge in [-0.3, -0.25) is 4.79 Å². The van der Waals surface area contributed by atoms with Gasteiger partial charge in [-0.15, -0.1) is 0 Å². The van der Waals surface area contributed by atoms with Crippen molar-refractivity contribution in [1.29, 1.82) is 0 Å². The second-order valence-electron chi connectivity index (χ2n) is 4.51. The lowest BCUT2D eigenvalue weighted by molar-refractivity contribution is 0.0697. The van der Waals surface area contributed by atoms with Crippen molar-refractivity contribution >= 4 is 17.5 Å². The molecule has 2 atom stereocenters. The number of aromatic nitrogens is 2. The van der Waals surface area contributed by atoms with Gasteiger partial charge < -0.3 is 4.90 Å². The molecule has 0 aromatic carbocycles. The highest BCUT2D eigenvalue weighted by Crippen LogP contribution is 2.38. The summed E-state index contributed by atoms with van der Waals surface area (Å²) in [5, 5.41) is 0.343. The van der Waals surface area contributed by atoms with Gasteiger partial charge >= 0.3 is 0 Å². The summed E-state index contributed by atoms with van der Waals surface area (Å²) in [4.78, 5) is 21.9. The maximum absolute atomic E-state index is 12.2. The Morgan fingerprint density at radius 3 is 3.00 bits per heavy atom. The van der Waals surface area contributed by atoms with Gasteiger partial charge in [-0.2, -0.15) is 0 Å². The molecule has 84 valence electrons. The van der Waals surface area contributed by atoms with Crippen molar-refractivity contribution in [3.05, 3.63) is 23.2 Å². The van der Waals surface area contributed by atoms with Crippen LogP contribution < -0.4 is 0 Å². The number of piperidine rings is 1. The number of hydrogen-bond donors (Lipinski definition) is 0. The minimum Gasteiger partial charge on any atom is -0.334 e. The molecule has 0 radical (unpaired) electrons. The number of rotatable bonds is 1. The number of carbonyl (C=O) groups is 1. The fourth-order valence-corrected chi connectivity index (χ4v) is 2.97. The summed E-state index contributed by atoms with van der Waals surface area (Å²) in [6.45, 7) is 0.865. The lowest BCUT2D eigenvalue weighted by Crippen LogP contribution is -2.38. The van der Waals surface area contributed by atoms with Gasteiger partial charge in [0.2, 0.25) is 0 Å². The van der Waals surface area contributed by atoms with E-state index in [0.717, 1.165) is 19.4 Å². The summed E-state index contributed by atoms with van der Waals surface area (Å²) >= 11 is 5.93. The second-order valence-corrected chi connectivity index (χ2v) is 4.92. The van der Waals surface area contributed by atoms with Crippen LogP contribution >= 0.6 is 11.6 Å². The Morgan fingerprint density at radius 2 is 2.38 bits per heavy atom. The zero-order chi connectivity index (χ0) is 11.1. The lowest BCUT2D eigenvalue weighted by Gasteiger charge is -2.26. The SMILES string of the molecule is O=C(c1ncncc1Cl)N1CC2CCC1C2. The summed E-state index contributed by atoms with van der Waals surface area (Å²) in [5.41, 5.74) is 0.337. The molecule has 5 heteroatoms. The Hall–Kier alpha value is -1.16. The van der Waals surface area contributed by atoms with E-state index >= 15 is 0 Å². The second kappa shape index (κ2) is 3.70. The largest absolute Gasteiger partial charge is 0.334 e. The van der Waals surface area contributed by atoms with Gasteiger partial charge in [-0.25, -0.2) is 9.97 Å². The van der Waals surface area contributed by atoms with E-state index in [9.17, 15) is 4.79 Å². The first kappa shape index (κ1) is 10.0. The number of nitrogens with zero attached hydrogens (tertiary/aromatic N) is 3. The number of amides is 1. The number of likely N-dealkylation sites (tertiary alicyclic amines) is 1. The van der Waals surface area contributed by atoms with Gasteiger partial charge in [-0.05, 0) is 25.2 Å². The summed E-state index contributed by atoms with van der Waals surface area (Å²) in [6.07, 6.45) is 6.36. The minimum atomic E-state index is -0.0420. The van der Waals surface area contributed by atoms with Crippen molar-refractivity contribution in [2.24, 2.45) is 5.92 Å². The Balaban J connectivity index is 1.86. The van der Waals surface area contributed by atoms with E-state index in [2.05, 4.69) is 9.97 Å². The molecule has 2 bridgehead atoms. The summed E-state index contributed by atoms with van der Waals surface area (Å²) in [7, 11) is 0. The van der Waals surface area contributed by atoms with Crippen molar-refractivity contribution in [2.45, 2.75) is 25.3 Å². The summed E-state index contributed by atoms with van der Waals surface area (Å²) in [6, 6.07) is 0.406. The van der Waals surface area contributed by atoms with Crippen molar-refractivity contribution in [3.63, 3.8) is 0 Å². The average Bonchev–Trinajstić information content (AvgIpc) is 2.90. The fourth-order valence-electron chi connectivity index (χ4n) is 2.78. The monoisotopic (exact) mass is 237 g/mol. The molecule has 2 fully saturated rings. The van der Waals surface area contributed by atoms with Gasteiger partial charge in [0.15, 0.2) is 0 Å². The van der Waals surface area contributed by atoms with Crippen molar-refractivity contribution in [3.8, 4) is 0 Å². The van der Waals surface area contributed by atoms with E-state index in [1.54, 1.807) is 0 Å². The predicted molar refractivity (Wildman–Crippen MR) is 59.2 cm³/mol. The highest BCUT2D eigenvalue weighted by Gasteiger charge is 2.41. The maximum Gasteiger partial charge on any atom is 0.274 e. The molecule has 2 unspecified atom stereocenters. The van der Waals surface area contributed by atoms with Crippen LogP contribution in [0.1, 0.15) is 29.8 Å². The molecule has 1 amide bonds. The molecule has 0 spiro atoms. The van der Waals surface area contributed by atoms with Gasteiger partial charge in [0.25, 0.3) is 5.91 Å². The predicted octanol–water partition coefficient (Wildman–Crippen LogP) is 1.75. The third-order valence-corrected chi connectivity index (χ3v) is 3.82. The van der Waals surface area contributed by atoms with Crippen LogP contribution in [0.15, 0.2) is 12.5 Å². The molecule has 1 aromatic heterocycles. The van der Waals surface area contributed by atoms with Crippen molar-refractivity contribution in [1.82, 2.24) is 14.9 Å². The van der Waals surface area contributed by atoms with Crippen LogP contribution in [0.2, 0.25) is 5.02 Å². The molecular formula is C11H12ClN3O. The highest BCUT2D eigenvalue weighted by atomic mass is 35.5. The van der Waals surface area contributed by atoms with Crippen LogP contribution in [0, 0.1) is 5.92 Å². The standard InChI is InChI=1S/C11H12ClN3O/c12-9-4-13-6-14-10(9)11(16)15-5-7-1-2-8(15)3-7/h4,6-8H,1-3,5H2. The smallest absolute Gasteiger partial charge is 0.274 e. The molecule has 0 N–H and O–H groups in total. The molecular weight excluding hydrogens is 226 g/mol. The Kier molecular flexibility index (Phi) is 2.32. The van der Waals surface area contributed by atoms with Crippen LogP contribution in [-0.2, 0) is 0 Å². The van der Waals surface area contributed by atoms with E-state index < -0.39 is 0 Å². The first-order valence-electron chi connectivity index (χ1n) is 5.52. The topological polar surface area (TPSA) is 46.1 Å².